The van der Waals surface area contributed by atoms with Crippen LogP contribution in [0.5, 0.6) is 0 Å². The van der Waals surface area contributed by atoms with Gasteiger partial charge in [0.15, 0.2) is 0 Å². The highest BCUT2D eigenvalue weighted by atomic mass is 16.1. The number of carbonyl (C=O) groups is 1. The smallest absolute Gasteiger partial charge is 0.223 e. The first kappa shape index (κ1) is 14.5. The van der Waals surface area contributed by atoms with E-state index in [1.54, 1.807) is 0 Å². The lowest BCUT2D eigenvalue weighted by molar-refractivity contribution is -0.126. The molecule has 0 aromatic rings. The minimum Gasteiger partial charge on any atom is -0.356 e. The Hall–Kier alpha value is -0.570. The second kappa shape index (κ2) is 7.70. The van der Waals surface area contributed by atoms with E-state index < -0.39 is 0 Å². The molecular weight excluding hydrogens is 212 g/mol. The van der Waals surface area contributed by atoms with Crippen molar-refractivity contribution in [1.82, 2.24) is 10.2 Å². The number of amides is 1. The first-order chi connectivity index (χ1) is 8.13. The van der Waals surface area contributed by atoms with E-state index in [0.717, 1.165) is 51.4 Å². The Labute approximate surface area is 106 Å². The molecule has 0 radical (unpaired) electrons. The molecule has 0 aliphatic carbocycles. The fourth-order valence-corrected chi connectivity index (χ4v) is 2.38. The molecule has 100 valence electrons. The largest absolute Gasteiger partial charge is 0.356 e. The number of carbonyl (C=O) groups excluding carboxylic acids is 1. The molecule has 1 aliphatic heterocycles. The monoisotopic (exact) mass is 240 g/mol. The summed E-state index contributed by atoms with van der Waals surface area (Å²) in [5.74, 6) is 1.28. The maximum atomic E-state index is 11.9. The van der Waals surface area contributed by atoms with Gasteiger partial charge < -0.3 is 10.2 Å². The summed E-state index contributed by atoms with van der Waals surface area (Å²) in [5, 5.41) is 3.08. The fraction of sp³-hybridized carbons (Fsp3) is 0.929. The van der Waals surface area contributed by atoms with Crippen LogP contribution in [0.25, 0.3) is 0 Å². The van der Waals surface area contributed by atoms with Crippen LogP contribution in [0.3, 0.4) is 0 Å². The van der Waals surface area contributed by atoms with Crippen molar-refractivity contribution < 1.29 is 4.79 Å². The predicted molar refractivity (Wildman–Crippen MR) is 71.9 cm³/mol. The topological polar surface area (TPSA) is 32.3 Å². The normalized spacial score (nSPS) is 18.6. The van der Waals surface area contributed by atoms with Gasteiger partial charge in [-0.2, -0.15) is 0 Å². The van der Waals surface area contributed by atoms with Crippen molar-refractivity contribution in [1.29, 1.82) is 0 Å². The number of likely N-dealkylation sites (tertiary alicyclic amines) is 1. The number of hydrogen-bond acceptors (Lipinski definition) is 2. The number of rotatable bonds is 6. The van der Waals surface area contributed by atoms with Crippen molar-refractivity contribution in [2.75, 3.05) is 26.2 Å². The molecule has 0 aromatic carbocycles. The Kier molecular flexibility index (Phi) is 6.56. The molecule has 1 saturated heterocycles. The highest BCUT2D eigenvalue weighted by molar-refractivity contribution is 5.78. The van der Waals surface area contributed by atoms with Gasteiger partial charge in [-0.1, -0.05) is 20.8 Å². The molecule has 0 saturated carbocycles. The van der Waals surface area contributed by atoms with Crippen LogP contribution in [0.2, 0.25) is 0 Å². The number of nitrogens with one attached hydrogen (secondary N) is 1. The highest BCUT2D eigenvalue weighted by Crippen LogP contribution is 2.16. The third-order valence-electron chi connectivity index (χ3n) is 3.66. The Morgan fingerprint density at radius 3 is 2.53 bits per heavy atom. The van der Waals surface area contributed by atoms with Crippen LogP contribution in [-0.2, 0) is 4.79 Å². The first-order valence-corrected chi connectivity index (χ1v) is 7.13. The van der Waals surface area contributed by atoms with Crippen LogP contribution in [0.4, 0.5) is 0 Å². The lowest BCUT2D eigenvalue weighted by atomic mass is 9.96. The van der Waals surface area contributed by atoms with E-state index >= 15 is 0 Å². The van der Waals surface area contributed by atoms with Crippen molar-refractivity contribution in [3.05, 3.63) is 0 Å². The van der Waals surface area contributed by atoms with Crippen molar-refractivity contribution in [2.24, 2.45) is 11.8 Å². The van der Waals surface area contributed by atoms with Gasteiger partial charge in [0.1, 0.15) is 0 Å². The average Bonchev–Trinajstić information content (AvgIpc) is 2.34. The van der Waals surface area contributed by atoms with Gasteiger partial charge >= 0.3 is 0 Å². The van der Waals surface area contributed by atoms with Gasteiger partial charge in [0.05, 0.1) is 0 Å². The molecule has 17 heavy (non-hydrogen) atoms. The molecule has 1 fully saturated rings. The lowest BCUT2D eigenvalue weighted by Crippen LogP contribution is -2.40. The number of hydrogen-bond donors (Lipinski definition) is 1. The Morgan fingerprint density at radius 1 is 1.35 bits per heavy atom. The molecule has 0 atom stereocenters. The highest BCUT2D eigenvalue weighted by Gasteiger charge is 2.23. The zero-order valence-corrected chi connectivity index (χ0v) is 11.7. The quantitative estimate of drug-likeness (QED) is 0.722. The summed E-state index contributed by atoms with van der Waals surface area (Å²) in [6.45, 7) is 10.8. The van der Waals surface area contributed by atoms with E-state index in [1.807, 2.05) is 0 Å². The van der Waals surface area contributed by atoms with Gasteiger partial charge in [-0.05, 0) is 51.2 Å². The van der Waals surface area contributed by atoms with Crippen LogP contribution >= 0.6 is 0 Å². The molecule has 0 unspecified atom stereocenters. The molecule has 1 heterocycles. The lowest BCUT2D eigenvalue weighted by Gasteiger charge is -2.30. The number of nitrogens with zero attached hydrogens (tertiary/aromatic N) is 1. The van der Waals surface area contributed by atoms with E-state index in [4.69, 9.17) is 0 Å². The van der Waals surface area contributed by atoms with Gasteiger partial charge in [-0.3, -0.25) is 4.79 Å². The van der Waals surface area contributed by atoms with E-state index in [2.05, 4.69) is 31.0 Å². The Balaban J connectivity index is 2.12. The second-order valence-electron chi connectivity index (χ2n) is 5.54. The van der Waals surface area contributed by atoms with Crippen molar-refractivity contribution in [3.8, 4) is 0 Å². The van der Waals surface area contributed by atoms with Crippen molar-refractivity contribution in [2.45, 2.75) is 46.5 Å². The fourth-order valence-electron chi connectivity index (χ4n) is 2.38. The summed E-state index contributed by atoms with van der Waals surface area (Å²) in [7, 11) is 0. The predicted octanol–water partition coefficient (Wildman–Crippen LogP) is 2.27. The van der Waals surface area contributed by atoms with E-state index in [0.29, 0.717) is 0 Å². The number of piperidine rings is 1. The van der Waals surface area contributed by atoms with Gasteiger partial charge in [0.25, 0.3) is 0 Å². The van der Waals surface area contributed by atoms with Crippen molar-refractivity contribution in [3.63, 3.8) is 0 Å². The maximum Gasteiger partial charge on any atom is 0.223 e. The van der Waals surface area contributed by atoms with Crippen LogP contribution in [0.1, 0.15) is 46.5 Å². The molecule has 0 aromatic heterocycles. The van der Waals surface area contributed by atoms with Crippen LogP contribution in [-0.4, -0.2) is 37.0 Å². The molecule has 1 rings (SSSR count). The summed E-state index contributed by atoms with van der Waals surface area (Å²) < 4.78 is 0. The molecule has 0 spiro atoms. The Morgan fingerprint density at radius 2 is 2.00 bits per heavy atom. The molecule has 1 aliphatic rings. The van der Waals surface area contributed by atoms with Gasteiger partial charge in [-0.15, -0.1) is 0 Å². The molecular formula is C14H28N2O. The zero-order chi connectivity index (χ0) is 12.7. The summed E-state index contributed by atoms with van der Waals surface area (Å²) in [5.41, 5.74) is 0. The summed E-state index contributed by atoms with van der Waals surface area (Å²) in [4.78, 5) is 14.3. The van der Waals surface area contributed by atoms with E-state index in [1.165, 1.54) is 6.42 Å². The third kappa shape index (κ3) is 5.53. The SMILES string of the molecule is CCN1CCC(C(=O)NCCCC(C)C)CC1. The standard InChI is InChI=1S/C14H28N2O/c1-4-16-10-7-13(8-11-16)14(17)15-9-5-6-12(2)3/h12-13H,4-11H2,1-3H3,(H,15,17). The summed E-state index contributed by atoms with van der Waals surface area (Å²) in [6.07, 6.45) is 4.37. The summed E-state index contributed by atoms with van der Waals surface area (Å²) >= 11 is 0. The van der Waals surface area contributed by atoms with E-state index in [-0.39, 0.29) is 11.8 Å². The summed E-state index contributed by atoms with van der Waals surface area (Å²) in [6, 6.07) is 0. The van der Waals surface area contributed by atoms with Gasteiger partial charge in [0.2, 0.25) is 5.91 Å². The van der Waals surface area contributed by atoms with Crippen LogP contribution in [0.15, 0.2) is 0 Å². The molecule has 1 amide bonds. The average molecular weight is 240 g/mol. The first-order valence-electron chi connectivity index (χ1n) is 7.13. The molecule has 1 N–H and O–H groups in total. The van der Waals surface area contributed by atoms with E-state index in [9.17, 15) is 4.79 Å². The van der Waals surface area contributed by atoms with Crippen LogP contribution in [0, 0.1) is 11.8 Å². The van der Waals surface area contributed by atoms with Crippen molar-refractivity contribution >= 4 is 5.91 Å². The zero-order valence-electron chi connectivity index (χ0n) is 11.7. The maximum absolute atomic E-state index is 11.9. The molecule has 0 bridgehead atoms. The Bertz CT molecular complexity index is 220. The minimum absolute atomic E-state index is 0.261. The minimum atomic E-state index is 0.261. The second-order valence-corrected chi connectivity index (χ2v) is 5.54. The third-order valence-corrected chi connectivity index (χ3v) is 3.66. The van der Waals surface area contributed by atoms with Gasteiger partial charge in [0, 0.05) is 12.5 Å². The molecule has 3 heteroatoms. The molecule has 3 nitrogen and oxygen atoms in total. The van der Waals surface area contributed by atoms with Crippen LogP contribution < -0.4 is 5.32 Å². The van der Waals surface area contributed by atoms with Gasteiger partial charge in [-0.25, -0.2) is 0 Å².